The Balaban J connectivity index is 1.52. The Morgan fingerprint density at radius 2 is 1.82 bits per heavy atom. The molecule has 190 valence electrons. The van der Waals surface area contributed by atoms with E-state index in [1.165, 1.54) is 0 Å². The molecular formula is C30H26ClN5OS. The van der Waals surface area contributed by atoms with E-state index in [2.05, 4.69) is 16.0 Å². The summed E-state index contributed by atoms with van der Waals surface area (Å²) in [7, 11) is 0. The minimum absolute atomic E-state index is 0.194. The molecule has 3 aromatic carbocycles. The number of hydrogen-bond acceptors (Lipinski definition) is 3. The van der Waals surface area contributed by atoms with Crippen LogP contribution in [0.25, 0.3) is 11.5 Å². The number of carbonyl (C=O) groups is 1. The molecule has 8 heteroatoms. The maximum Gasteiger partial charge on any atom is 0.322 e. The number of aromatic nitrogens is 3. The number of benzene rings is 3. The van der Waals surface area contributed by atoms with Crippen molar-refractivity contribution in [2.24, 2.45) is 0 Å². The third kappa shape index (κ3) is 4.38. The van der Waals surface area contributed by atoms with Gasteiger partial charge >= 0.3 is 6.03 Å². The first-order valence-corrected chi connectivity index (χ1v) is 13.9. The smallest absolute Gasteiger partial charge is 0.308 e. The minimum atomic E-state index is -0.372. The van der Waals surface area contributed by atoms with Gasteiger partial charge in [-0.15, -0.1) is 11.8 Å². The number of amides is 2. The molecule has 1 aliphatic rings. The number of halogens is 1. The zero-order chi connectivity index (χ0) is 26.2. The quantitative estimate of drug-likeness (QED) is 0.241. The fourth-order valence-corrected chi connectivity index (χ4v) is 5.73. The maximum absolute atomic E-state index is 14.1. The molecule has 0 spiro atoms. The van der Waals surface area contributed by atoms with Crippen molar-refractivity contribution in [1.82, 2.24) is 19.2 Å². The van der Waals surface area contributed by atoms with Gasteiger partial charge in [0, 0.05) is 27.4 Å². The molecule has 3 heterocycles. The van der Waals surface area contributed by atoms with Crippen LogP contribution < -0.4 is 5.32 Å². The molecule has 0 aliphatic carbocycles. The molecule has 6 rings (SSSR count). The Bertz CT molecular complexity index is 1630. The lowest BCUT2D eigenvalue weighted by Crippen LogP contribution is -2.38. The maximum atomic E-state index is 14.1. The number of urea groups is 1. The lowest BCUT2D eigenvalue weighted by Gasteiger charge is -2.31. The highest BCUT2D eigenvalue weighted by Crippen LogP contribution is 2.39. The molecule has 1 aliphatic heterocycles. The molecule has 6 nitrogen and oxygen atoms in total. The largest absolute Gasteiger partial charge is 0.322 e. The van der Waals surface area contributed by atoms with Crippen LogP contribution in [0, 0.1) is 6.92 Å². The molecule has 0 bridgehead atoms. The summed E-state index contributed by atoms with van der Waals surface area (Å²) in [5.41, 5.74) is 5.47. The first-order chi connectivity index (χ1) is 18.5. The summed E-state index contributed by atoms with van der Waals surface area (Å²) in [4.78, 5) is 17.0. The average molecular weight is 540 g/mol. The molecule has 0 fully saturated rings. The Hall–Kier alpha value is -3.94. The summed E-state index contributed by atoms with van der Waals surface area (Å²) in [5.74, 6) is 0.931. The van der Waals surface area contributed by atoms with Crippen LogP contribution in [0.3, 0.4) is 0 Å². The van der Waals surface area contributed by atoms with Crippen molar-refractivity contribution in [3.05, 3.63) is 125 Å². The third-order valence-corrected chi connectivity index (χ3v) is 7.79. The highest BCUT2D eigenvalue weighted by atomic mass is 35.5. The van der Waals surface area contributed by atoms with Crippen molar-refractivity contribution in [1.29, 1.82) is 0 Å². The van der Waals surface area contributed by atoms with E-state index in [1.54, 1.807) is 11.8 Å². The fourth-order valence-electron chi connectivity index (χ4n) is 5.07. The van der Waals surface area contributed by atoms with Gasteiger partial charge in [0.05, 0.1) is 29.7 Å². The van der Waals surface area contributed by atoms with E-state index in [-0.39, 0.29) is 12.1 Å². The summed E-state index contributed by atoms with van der Waals surface area (Å²) >= 11 is 8.09. The number of nitrogens with zero attached hydrogens (tertiary/aromatic N) is 4. The van der Waals surface area contributed by atoms with Crippen molar-refractivity contribution in [3.8, 4) is 11.5 Å². The molecule has 5 aromatic rings. The fraction of sp³-hybridized carbons (Fsp3) is 0.133. The standard InChI is InChI=1S/C30H26ClN5OS/c1-20-26-19-35(30(37)32-23-11-7-14-25(18-23)38-2)28(21-9-6-10-22(31)17-21)27-15-8-16-34(27)29(26)36(33-20)24-12-4-3-5-13-24/h3-18,28H,19H2,1-2H3,(H,32,37)/t28-/m0/s1. The number of carbonyl (C=O) groups excluding carboxylic acids is 1. The van der Waals surface area contributed by atoms with Gasteiger partial charge in [-0.3, -0.25) is 0 Å². The van der Waals surface area contributed by atoms with E-state index in [4.69, 9.17) is 16.7 Å². The minimum Gasteiger partial charge on any atom is -0.308 e. The number of fused-ring (bicyclic) bond motifs is 3. The van der Waals surface area contributed by atoms with E-state index in [9.17, 15) is 4.79 Å². The zero-order valence-electron chi connectivity index (χ0n) is 21.0. The van der Waals surface area contributed by atoms with Crippen LogP contribution in [0.15, 0.2) is 102 Å². The first-order valence-electron chi connectivity index (χ1n) is 12.3. The molecular weight excluding hydrogens is 514 g/mol. The number of hydrogen-bond donors (Lipinski definition) is 1. The Morgan fingerprint density at radius 3 is 2.61 bits per heavy atom. The number of thioether (sulfide) groups is 1. The Morgan fingerprint density at radius 1 is 1.00 bits per heavy atom. The monoisotopic (exact) mass is 539 g/mol. The molecule has 2 amide bonds. The van der Waals surface area contributed by atoms with Crippen LogP contribution >= 0.6 is 23.4 Å². The predicted molar refractivity (Wildman–Crippen MR) is 154 cm³/mol. The molecule has 1 atom stereocenters. The number of para-hydroxylation sites is 1. The summed E-state index contributed by atoms with van der Waals surface area (Å²) in [5, 5.41) is 8.68. The van der Waals surface area contributed by atoms with Gasteiger partial charge in [0.1, 0.15) is 5.82 Å². The summed E-state index contributed by atoms with van der Waals surface area (Å²) in [6.45, 7) is 2.38. The van der Waals surface area contributed by atoms with Crippen LogP contribution in [0.4, 0.5) is 10.5 Å². The van der Waals surface area contributed by atoms with Crippen LogP contribution in [-0.4, -0.2) is 31.5 Å². The molecule has 0 saturated heterocycles. The lowest BCUT2D eigenvalue weighted by atomic mass is 10.0. The highest BCUT2D eigenvalue weighted by molar-refractivity contribution is 7.98. The topological polar surface area (TPSA) is 55.1 Å². The molecule has 1 N–H and O–H groups in total. The van der Waals surface area contributed by atoms with E-state index < -0.39 is 0 Å². The molecule has 2 aromatic heterocycles. The second-order valence-corrected chi connectivity index (χ2v) is 10.5. The van der Waals surface area contributed by atoms with Crippen molar-refractivity contribution in [2.45, 2.75) is 24.4 Å². The van der Waals surface area contributed by atoms with Crippen molar-refractivity contribution in [2.75, 3.05) is 11.6 Å². The normalized spacial score (nSPS) is 14.5. The van der Waals surface area contributed by atoms with Crippen molar-refractivity contribution < 1.29 is 4.79 Å². The van der Waals surface area contributed by atoms with Gasteiger partial charge in [0.15, 0.2) is 0 Å². The number of aryl methyl sites for hydroxylation is 1. The molecule has 0 unspecified atom stereocenters. The lowest BCUT2D eigenvalue weighted by molar-refractivity contribution is 0.194. The van der Waals surface area contributed by atoms with E-state index in [0.717, 1.165) is 44.6 Å². The number of anilines is 1. The van der Waals surface area contributed by atoms with Crippen molar-refractivity contribution in [3.63, 3.8) is 0 Å². The Kier molecular flexibility index (Phi) is 6.47. The van der Waals surface area contributed by atoms with Gasteiger partial charge in [-0.05, 0) is 73.3 Å². The zero-order valence-corrected chi connectivity index (χ0v) is 22.6. The van der Waals surface area contributed by atoms with Crippen LogP contribution in [0.1, 0.15) is 28.6 Å². The van der Waals surface area contributed by atoms with Crippen molar-refractivity contribution >= 4 is 35.1 Å². The summed E-state index contributed by atoms with van der Waals surface area (Å²) in [6, 6.07) is 29.2. The molecule has 0 saturated carbocycles. The average Bonchev–Trinajstić information content (AvgIpc) is 3.49. The van der Waals surface area contributed by atoms with Gasteiger partial charge in [0.2, 0.25) is 0 Å². The van der Waals surface area contributed by atoms with Crippen LogP contribution in [-0.2, 0) is 6.54 Å². The van der Waals surface area contributed by atoms with Gasteiger partial charge in [-0.25, -0.2) is 9.48 Å². The second kappa shape index (κ2) is 10.1. The first kappa shape index (κ1) is 24.4. The number of nitrogens with one attached hydrogen (secondary N) is 1. The predicted octanol–water partition coefficient (Wildman–Crippen LogP) is 7.48. The third-order valence-electron chi connectivity index (χ3n) is 6.83. The van der Waals surface area contributed by atoms with Gasteiger partial charge in [-0.1, -0.05) is 48.0 Å². The molecule has 38 heavy (non-hydrogen) atoms. The van der Waals surface area contributed by atoms with Gasteiger partial charge in [-0.2, -0.15) is 5.10 Å². The Labute approximate surface area is 230 Å². The van der Waals surface area contributed by atoms with Gasteiger partial charge < -0.3 is 14.8 Å². The highest BCUT2D eigenvalue weighted by Gasteiger charge is 2.36. The SMILES string of the molecule is CSc1cccc(NC(=O)N2Cc3c(C)nn(-c4ccccc4)c3-n3cccc3[C@@H]2c2cccc(Cl)c2)c1. The summed E-state index contributed by atoms with van der Waals surface area (Å²) in [6.07, 6.45) is 4.06. The van der Waals surface area contributed by atoms with Crippen LogP contribution in [0.2, 0.25) is 5.02 Å². The van der Waals surface area contributed by atoms with Gasteiger partial charge in [0.25, 0.3) is 0 Å². The second-order valence-electron chi connectivity index (χ2n) is 9.19. The van der Waals surface area contributed by atoms with Crippen LogP contribution in [0.5, 0.6) is 0 Å². The summed E-state index contributed by atoms with van der Waals surface area (Å²) < 4.78 is 4.11. The van der Waals surface area contributed by atoms with E-state index in [0.29, 0.717) is 11.6 Å². The van der Waals surface area contributed by atoms with E-state index >= 15 is 0 Å². The number of rotatable bonds is 4. The molecule has 0 radical (unpaired) electrons. The van der Waals surface area contributed by atoms with E-state index in [1.807, 2.05) is 114 Å².